The van der Waals surface area contributed by atoms with Gasteiger partial charge in [-0.1, -0.05) is 25.5 Å². The van der Waals surface area contributed by atoms with E-state index in [2.05, 4.69) is 28.9 Å². The fourth-order valence-electron chi connectivity index (χ4n) is 6.27. The molecule has 4 unspecified atom stereocenters. The Balaban J connectivity index is 1.41. The predicted octanol–water partition coefficient (Wildman–Crippen LogP) is 8.06. The summed E-state index contributed by atoms with van der Waals surface area (Å²) in [6.45, 7) is 7.44. The maximum absolute atomic E-state index is 13.5. The van der Waals surface area contributed by atoms with Gasteiger partial charge in [0.25, 0.3) is 0 Å². The minimum Gasteiger partial charge on any atom is -0.490 e. The summed E-state index contributed by atoms with van der Waals surface area (Å²) in [4.78, 5) is 18.3. The number of carbonyl (C=O) groups is 1. The van der Waals surface area contributed by atoms with Crippen LogP contribution in [0.1, 0.15) is 82.8 Å². The topological polar surface area (TPSA) is 90.1 Å². The Hall–Kier alpha value is -3.15. The normalized spacial score (nSPS) is 24.0. The largest absolute Gasteiger partial charge is 0.490 e. The first-order chi connectivity index (χ1) is 20.4. The lowest BCUT2D eigenvalue weighted by Gasteiger charge is -2.35. The molecular formula is C34H39BrN2O5. The number of benzene rings is 2. The van der Waals surface area contributed by atoms with Crippen molar-refractivity contribution in [3.8, 4) is 23.3 Å². The van der Waals surface area contributed by atoms with E-state index in [1.54, 1.807) is 0 Å². The zero-order valence-electron chi connectivity index (χ0n) is 24.7. The van der Waals surface area contributed by atoms with Crippen LogP contribution in [0.4, 0.5) is 0 Å². The van der Waals surface area contributed by atoms with Gasteiger partial charge in [-0.15, -0.1) is 0 Å². The zero-order chi connectivity index (χ0) is 29.6. The standard InChI is InChI=1S/C34H39BrN2O5/c1-4-9-22-15-28-33(29(38)16-22)32(26(19-36)21(3)37-28)24-17-27(35)34(30(18-24)39-5-2)41-20-23-10-8-11-25(14-23)42-31-12-6-7-13-40-31/h8,10-11,14,17-18,22,26,31-32H,4-7,9,12-13,15-16,20H2,1-3H3. The monoisotopic (exact) mass is 634 g/mol. The van der Waals surface area contributed by atoms with Crippen LogP contribution in [0.25, 0.3) is 0 Å². The van der Waals surface area contributed by atoms with Crippen molar-refractivity contribution >= 4 is 27.4 Å². The molecule has 0 radical (unpaired) electrons. The molecule has 4 atom stereocenters. The van der Waals surface area contributed by atoms with Crippen molar-refractivity contribution in [3.05, 3.63) is 63.3 Å². The highest BCUT2D eigenvalue weighted by Gasteiger charge is 2.41. The van der Waals surface area contributed by atoms with Gasteiger partial charge < -0.3 is 18.9 Å². The Kier molecular flexibility index (Phi) is 10.0. The summed E-state index contributed by atoms with van der Waals surface area (Å²) in [6, 6.07) is 14.2. The quantitative estimate of drug-likeness (QED) is 0.262. The second kappa shape index (κ2) is 13.9. The summed E-state index contributed by atoms with van der Waals surface area (Å²) in [5, 5.41) is 10.2. The number of hydrogen-bond donors (Lipinski definition) is 0. The fourth-order valence-corrected chi connectivity index (χ4v) is 6.84. The third kappa shape index (κ3) is 6.74. The molecule has 2 aromatic rings. The van der Waals surface area contributed by atoms with Gasteiger partial charge in [0.05, 0.1) is 29.7 Å². The number of Topliss-reactive ketones (excluding diaryl/α,β-unsaturated/α-hetero) is 1. The highest BCUT2D eigenvalue weighted by Crippen LogP contribution is 2.48. The van der Waals surface area contributed by atoms with E-state index in [0.717, 1.165) is 73.4 Å². The Morgan fingerprint density at radius 2 is 2.00 bits per heavy atom. The number of halogens is 1. The first kappa shape index (κ1) is 30.3. The number of ketones is 1. The van der Waals surface area contributed by atoms with Crippen LogP contribution in [0.15, 0.2) is 57.1 Å². The molecule has 1 saturated heterocycles. The average molecular weight is 636 g/mol. The van der Waals surface area contributed by atoms with Crippen LogP contribution in [0.3, 0.4) is 0 Å². The van der Waals surface area contributed by atoms with E-state index in [-0.39, 0.29) is 12.1 Å². The molecule has 1 fully saturated rings. The number of nitrogens with zero attached hydrogens (tertiary/aromatic N) is 2. The van der Waals surface area contributed by atoms with Crippen LogP contribution in [0.2, 0.25) is 0 Å². The maximum Gasteiger partial charge on any atom is 0.199 e. The zero-order valence-corrected chi connectivity index (χ0v) is 26.2. The molecule has 3 aliphatic rings. The molecule has 0 spiro atoms. The number of hydrogen-bond acceptors (Lipinski definition) is 7. The lowest BCUT2D eigenvalue weighted by Crippen LogP contribution is -2.32. The molecule has 2 aromatic carbocycles. The number of allylic oxidation sites excluding steroid dienone is 2. The van der Waals surface area contributed by atoms with E-state index in [1.807, 2.05) is 50.2 Å². The molecule has 8 heteroatoms. The lowest BCUT2D eigenvalue weighted by molar-refractivity contribution is -0.117. The van der Waals surface area contributed by atoms with Gasteiger partial charge in [0.15, 0.2) is 23.6 Å². The molecule has 0 aromatic heterocycles. The summed E-state index contributed by atoms with van der Waals surface area (Å²) in [5.74, 6) is 1.36. The van der Waals surface area contributed by atoms with Crippen molar-refractivity contribution in [1.82, 2.24) is 0 Å². The fraction of sp³-hybridized carbons (Fsp3) is 0.500. The highest BCUT2D eigenvalue weighted by atomic mass is 79.9. The van der Waals surface area contributed by atoms with Gasteiger partial charge in [-0.05, 0) is 96.8 Å². The van der Waals surface area contributed by atoms with Gasteiger partial charge in [-0.2, -0.15) is 5.26 Å². The lowest BCUT2D eigenvalue weighted by atomic mass is 9.70. The number of nitriles is 1. The number of ether oxygens (including phenoxy) is 4. The van der Waals surface area contributed by atoms with E-state index in [9.17, 15) is 10.1 Å². The van der Waals surface area contributed by atoms with E-state index < -0.39 is 11.8 Å². The molecule has 2 aliphatic heterocycles. The van der Waals surface area contributed by atoms with Gasteiger partial charge in [0.1, 0.15) is 12.4 Å². The third-order valence-electron chi connectivity index (χ3n) is 8.19. The second-order valence-corrected chi connectivity index (χ2v) is 12.2. The number of carbonyl (C=O) groups excluding carboxylic acids is 1. The van der Waals surface area contributed by atoms with Crippen LogP contribution in [0.5, 0.6) is 17.2 Å². The molecule has 7 nitrogen and oxygen atoms in total. The summed E-state index contributed by atoms with van der Waals surface area (Å²) in [7, 11) is 0. The van der Waals surface area contributed by atoms with Gasteiger partial charge >= 0.3 is 0 Å². The van der Waals surface area contributed by atoms with Gasteiger partial charge in [-0.25, -0.2) is 0 Å². The molecule has 0 saturated carbocycles. The van der Waals surface area contributed by atoms with Gasteiger partial charge in [0, 0.05) is 35.7 Å². The third-order valence-corrected chi connectivity index (χ3v) is 8.78. The van der Waals surface area contributed by atoms with Crippen molar-refractivity contribution in [1.29, 1.82) is 5.26 Å². The van der Waals surface area contributed by atoms with Crippen molar-refractivity contribution in [2.75, 3.05) is 13.2 Å². The van der Waals surface area contributed by atoms with Crippen LogP contribution >= 0.6 is 15.9 Å². The Morgan fingerprint density at radius 3 is 2.74 bits per heavy atom. The Bertz CT molecular complexity index is 1410. The van der Waals surface area contributed by atoms with Crippen LogP contribution in [-0.2, 0) is 16.1 Å². The first-order valence-electron chi connectivity index (χ1n) is 15.1. The van der Waals surface area contributed by atoms with E-state index in [0.29, 0.717) is 47.1 Å². The summed E-state index contributed by atoms with van der Waals surface area (Å²) in [6.07, 6.45) is 6.17. The molecule has 0 N–H and O–H groups in total. The van der Waals surface area contributed by atoms with Gasteiger partial charge in [-0.3, -0.25) is 9.79 Å². The molecule has 0 amide bonds. The smallest absolute Gasteiger partial charge is 0.199 e. The molecule has 42 heavy (non-hydrogen) atoms. The number of aliphatic imine (C=N–C) groups is 1. The maximum atomic E-state index is 13.5. The Labute approximate surface area is 257 Å². The number of rotatable bonds is 10. The summed E-state index contributed by atoms with van der Waals surface area (Å²) >= 11 is 3.72. The van der Waals surface area contributed by atoms with Crippen molar-refractivity contribution in [2.24, 2.45) is 16.8 Å². The van der Waals surface area contributed by atoms with E-state index in [4.69, 9.17) is 23.9 Å². The van der Waals surface area contributed by atoms with Gasteiger partial charge in [0.2, 0.25) is 0 Å². The average Bonchev–Trinajstić information content (AvgIpc) is 2.97. The molecule has 5 rings (SSSR count). The minimum absolute atomic E-state index is 0.103. The van der Waals surface area contributed by atoms with Crippen molar-refractivity contribution in [2.45, 2.75) is 84.5 Å². The van der Waals surface area contributed by atoms with Crippen LogP contribution < -0.4 is 14.2 Å². The Morgan fingerprint density at radius 1 is 1.14 bits per heavy atom. The minimum atomic E-state index is -0.528. The predicted molar refractivity (Wildman–Crippen MR) is 165 cm³/mol. The highest BCUT2D eigenvalue weighted by molar-refractivity contribution is 9.10. The summed E-state index contributed by atoms with van der Waals surface area (Å²) < 4.78 is 24.8. The summed E-state index contributed by atoms with van der Waals surface area (Å²) in [5.41, 5.74) is 4.07. The SMILES string of the molecule is CCCC1CC(=O)C2=C(C1)N=C(C)C(C#N)C2c1cc(Br)c(OCc2cccc(OC3CCCCO3)c2)c(OCC)c1. The molecule has 0 bridgehead atoms. The molecule has 222 valence electrons. The molecular weight excluding hydrogens is 596 g/mol. The van der Waals surface area contributed by atoms with Crippen LogP contribution in [-0.4, -0.2) is 31.0 Å². The first-order valence-corrected chi connectivity index (χ1v) is 15.9. The van der Waals surface area contributed by atoms with E-state index >= 15 is 0 Å². The van der Waals surface area contributed by atoms with Crippen molar-refractivity contribution < 1.29 is 23.7 Å². The van der Waals surface area contributed by atoms with Crippen LogP contribution in [0, 0.1) is 23.2 Å². The second-order valence-electron chi connectivity index (χ2n) is 11.3. The van der Waals surface area contributed by atoms with E-state index in [1.165, 1.54) is 0 Å². The molecule has 2 heterocycles. The van der Waals surface area contributed by atoms with Crippen molar-refractivity contribution in [3.63, 3.8) is 0 Å². The molecule has 1 aliphatic carbocycles.